The van der Waals surface area contributed by atoms with Crippen molar-refractivity contribution in [2.24, 2.45) is 0 Å². The molecule has 0 saturated carbocycles. The monoisotopic (exact) mass is 598 g/mol. The van der Waals surface area contributed by atoms with E-state index in [1.807, 2.05) is 0 Å². The fourth-order valence-electron chi connectivity index (χ4n) is 5.23. The van der Waals surface area contributed by atoms with Gasteiger partial charge in [0, 0.05) is 28.1 Å². The lowest BCUT2D eigenvalue weighted by Crippen LogP contribution is -2.70. The summed E-state index contributed by atoms with van der Waals surface area (Å²) in [5.41, 5.74) is 0. The fraction of sp³-hybridized carbons (Fsp3) is 0.917. The average Bonchev–Trinajstić information content (AvgIpc) is 2.92. The summed E-state index contributed by atoms with van der Waals surface area (Å²) in [7, 11) is 2.56. The lowest BCUT2D eigenvalue weighted by molar-refractivity contribution is -0.365. The Morgan fingerprint density at radius 3 is 1.76 bits per heavy atom. The van der Waals surface area contributed by atoms with Gasteiger partial charge >= 0.3 is 0 Å². The smallest absolute Gasteiger partial charge is 0.217 e. The maximum absolute atomic E-state index is 12.2. The zero-order valence-corrected chi connectivity index (χ0v) is 23.4. The molecule has 17 heteroatoms. The van der Waals surface area contributed by atoms with Crippen molar-refractivity contribution in [3.05, 3.63) is 0 Å². The van der Waals surface area contributed by atoms with E-state index in [2.05, 4.69) is 10.6 Å². The first-order valence-corrected chi connectivity index (χ1v) is 13.2. The molecule has 0 aromatic rings. The van der Waals surface area contributed by atoms with Crippen LogP contribution in [0.3, 0.4) is 0 Å². The van der Waals surface area contributed by atoms with Gasteiger partial charge in [-0.3, -0.25) is 9.59 Å². The molecule has 2 amide bonds. The second kappa shape index (κ2) is 14.7. The van der Waals surface area contributed by atoms with Gasteiger partial charge in [-0.1, -0.05) is 0 Å². The summed E-state index contributed by atoms with van der Waals surface area (Å²) in [5.74, 6) is -1.11. The fourth-order valence-corrected chi connectivity index (χ4v) is 5.23. The van der Waals surface area contributed by atoms with E-state index < -0.39 is 117 Å². The van der Waals surface area contributed by atoms with Gasteiger partial charge in [0.1, 0.15) is 67.0 Å². The van der Waals surface area contributed by atoms with E-state index in [0.29, 0.717) is 0 Å². The number of aliphatic hydroxyl groups excluding tert-OH is 6. The number of rotatable bonds is 10. The lowest BCUT2D eigenvalue weighted by atomic mass is 9.94. The van der Waals surface area contributed by atoms with Gasteiger partial charge in [0.25, 0.3) is 0 Å². The highest BCUT2D eigenvalue weighted by atomic mass is 16.8. The first-order valence-electron chi connectivity index (χ1n) is 13.2. The minimum Gasteiger partial charge on any atom is -0.394 e. The Balaban J connectivity index is 2.03. The van der Waals surface area contributed by atoms with E-state index in [-0.39, 0.29) is 0 Å². The Kier molecular flexibility index (Phi) is 12.2. The molecule has 41 heavy (non-hydrogen) atoms. The molecule has 0 aromatic carbocycles. The number of methoxy groups -OCH3 is 2. The number of nitrogens with one attached hydrogen (secondary N) is 2. The quantitative estimate of drug-likeness (QED) is 0.117. The van der Waals surface area contributed by atoms with Crippen LogP contribution in [-0.4, -0.2) is 162 Å². The average molecular weight is 599 g/mol. The molecule has 0 unspecified atom stereocenters. The third kappa shape index (κ3) is 7.50. The van der Waals surface area contributed by atoms with Gasteiger partial charge in [0.15, 0.2) is 18.9 Å². The van der Waals surface area contributed by atoms with E-state index in [0.717, 1.165) is 0 Å². The number of ether oxygens (including phenoxy) is 7. The van der Waals surface area contributed by atoms with Gasteiger partial charge < -0.3 is 74.4 Å². The highest BCUT2D eigenvalue weighted by Crippen LogP contribution is 2.34. The molecule has 238 valence electrons. The zero-order valence-electron chi connectivity index (χ0n) is 23.4. The molecule has 0 radical (unpaired) electrons. The second-order valence-electron chi connectivity index (χ2n) is 10.2. The van der Waals surface area contributed by atoms with Crippen molar-refractivity contribution >= 4 is 11.8 Å². The molecule has 8 N–H and O–H groups in total. The summed E-state index contributed by atoms with van der Waals surface area (Å²) in [5, 5.41) is 67.0. The number of carbonyl (C=O) groups excluding carboxylic acids is 2. The molecule has 0 bridgehead atoms. The molecule has 15 atom stereocenters. The summed E-state index contributed by atoms with van der Waals surface area (Å²) in [6, 6.07) is -2.48. The summed E-state index contributed by atoms with van der Waals surface area (Å²) < 4.78 is 40.5. The molecule has 0 aromatic heterocycles. The van der Waals surface area contributed by atoms with Gasteiger partial charge in [0.05, 0.1) is 19.3 Å². The molecule has 0 spiro atoms. The second-order valence-corrected chi connectivity index (χ2v) is 10.2. The largest absolute Gasteiger partial charge is 0.394 e. The summed E-state index contributed by atoms with van der Waals surface area (Å²) >= 11 is 0. The molecule has 3 aliphatic rings. The molecular weight excluding hydrogens is 556 g/mol. The Morgan fingerprint density at radius 2 is 1.22 bits per heavy atom. The van der Waals surface area contributed by atoms with Crippen LogP contribution in [0, 0.1) is 0 Å². The van der Waals surface area contributed by atoms with Crippen molar-refractivity contribution in [1.29, 1.82) is 0 Å². The number of aliphatic hydroxyl groups is 6. The van der Waals surface area contributed by atoms with E-state index in [1.165, 1.54) is 35.0 Å². The summed E-state index contributed by atoms with van der Waals surface area (Å²) in [6.45, 7) is 2.53. The first-order chi connectivity index (χ1) is 19.4. The van der Waals surface area contributed by atoms with Crippen LogP contribution < -0.4 is 10.6 Å². The van der Waals surface area contributed by atoms with Crippen LogP contribution in [0.5, 0.6) is 0 Å². The lowest BCUT2D eigenvalue weighted by Gasteiger charge is -2.50. The summed E-state index contributed by atoms with van der Waals surface area (Å²) in [4.78, 5) is 24.1. The third-order valence-electron chi connectivity index (χ3n) is 7.32. The van der Waals surface area contributed by atoms with E-state index in [9.17, 15) is 40.2 Å². The van der Waals surface area contributed by atoms with Gasteiger partial charge in [-0.05, 0) is 6.92 Å². The molecule has 3 saturated heterocycles. The number of hydrogen-bond donors (Lipinski definition) is 8. The Bertz CT molecular complexity index is 869. The molecule has 3 aliphatic heterocycles. The molecule has 3 rings (SSSR count). The van der Waals surface area contributed by atoms with Crippen molar-refractivity contribution in [1.82, 2.24) is 10.6 Å². The van der Waals surface area contributed by atoms with Crippen molar-refractivity contribution in [2.45, 2.75) is 113 Å². The minimum absolute atomic E-state index is 0.518. The Hall–Kier alpha value is -1.58. The van der Waals surface area contributed by atoms with Crippen LogP contribution >= 0.6 is 0 Å². The van der Waals surface area contributed by atoms with E-state index in [4.69, 9.17) is 33.2 Å². The highest BCUT2D eigenvalue weighted by Gasteiger charge is 2.55. The first kappa shape index (κ1) is 33.9. The number of hydrogen-bond acceptors (Lipinski definition) is 15. The van der Waals surface area contributed by atoms with Crippen LogP contribution in [-0.2, 0) is 42.7 Å². The Labute approximate surface area is 236 Å². The van der Waals surface area contributed by atoms with E-state index in [1.54, 1.807) is 0 Å². The van der Waals surface area contributed by atoms with E-state index >= 15 is 0 Å². The van der Waals surface area contributed by atoms with Crippen LogP contribution in [0.15, 0.2) is 0 Å². The Morgan fingerprint density at radius 1 is 0.659 bits per heavy atom. The normalized spacial score (nSPS) is 45.2. The van der Waals surface area contributed by atoms with Gasteiger partial charge in [0.2, 0.25) is 11.8 Å². The number of carbonyl (C=O) groups is 2. The predicted molar refractivity (Wildman–Crippen MR) is 133 cm³/mol. The van der Waals surface area contributed by atoms with Crippen molar-refractivity contribution in [3.8, 4) is 0 Å². The van der Waals surface area contributed by atoms with Gasteiger partial charge in [-0.15, -0.1) is 0 Å². The topological polar surface area (TPSA) is 244 Å². The maximum Gasteiger partial charge on any atom is 0.217 e. The van der Waals surface area contributed by atoms with Crippen LogP contribution in [0.4, 0.5) is 0 Å². The van der Waals surface area contributed by atoms with Gasteiger partial charge in [-0.25, -0.2) is 0 Å². The van der Waals surface area contributed by atoms with Crippen LogP contribution in [0.2, 0.25) is 0 Å². The number of amides is 2. The standard InChI is InChI=1S/C24H42N2O15/c1-8-15(31)18(34)21(35-4)24(37-8)41-20-14(26-10(3)30)22(36-5)39-12(7-28)19(20)40-23-13(25-9(2)29)17(33)16(32)11(6-27)38-23/h8,11-24,27-28,31-34H,6-7H2,1-5H3,(H,25,29)(H,26,30)/t8-,11+,12+,13+,14-,15-,16+,17+,18+,19+,20+,21+,22-,23-,24-/m0/s1. The molecule has 0 aliphatic carbocycles. The van der Waals surface area contributed by atoms with Crippen LogP contribution in [0.1, 0.15) is 20.8 Å². The molecule has 3 fully saturated rings. The molecule has 17 nitrogen and oxygen atoms in total. The zero-order chi connectivity index (χ0) is 30.6. The highest BCUT2D eigenvalue weighted by molar-refractivity contribution is 5.73. The maximum atomic E-state index is 12.2. The van der Waals surface area contributed by atoms with Crippen molar-refractivity contribution in [3.63, 3.8) is 0 Å². The van der Waals surface area contributed by atoms with Crippen molar-refractivity contribution < 1.29 is 73.4 Å². The predicted octanol–water partition coefficient (Wildman–Crippen LogP) is -4.95. The van der Waals surface area contributed by atoms with Crippen LogP contribution in [0.25, 0.3) is 0 Å². The summed E-state index contributed by atoms with van der Waals surface area (Å²) in [6.07, 6.45) is -17.3. The molecule has 3 heterocycles. The van der Waals surface area contributed by atoms with Crippen molar-refractivity contribution in [2.75, 3.05) is 27.4 Å². The third-order valence-corrected chi connectivity index (χ3v) is 7.32. The minimum atomic E-state index is -1.64. The van der Waals surface area contributed by atoms with Gasteiger partial charge in [-0.2, -0.15) is 0 Å². The SMILES string of the molecule is CO[C@H]1O[C@H](CO)[C@@H](O[C@@H]2O[C@H](CO)[C@@H](O)[C@H](O)[C@H]2NC(C)=O)[C@H](O[C@@H]2O[C@@H](C)[C@H](O)[C@@H](O)[C@H]2OC)[C@@H]1NC(C)=O. The molecular formula is C24H42N2O15.